The molecule has 0 heterocycles. The topological polar surface area (TPSA) is 83.5 Å². The zero-order valence-electron chi connectivity index (χ0n) is 9.49. The smallest absolute Gasteiger partial charge is 0.319 e. The molecule has 0 aromatic rings. The van der Waals surface area contributed by atoms with Crippen LogP contribution in [-0.4, -0.2) is 39.2 Å². The minimum absolute atomic E-state index is 0.158. The van der Waals surface area contributed by atoms with Crippen LogP contribution in [0.1, 0.15) is 26.2 Å². The number of nitrogens with one attached hydrogen (secondary N) is 1. The van der Waals surface area contributed by atoms with E-state index in [-0.39, 0.29) is 11.8 Å². The number of amides is 1. The molecule has 5 nitrogen and oxygen atoms in total. The Kier molecular flexibility index (Phi) is 4.07. The van der Waals surface area contributed by atoms with Crippen LogP contribution < -0.4 is 5.32 Å². The predicted octanol–water partition coefficient (Wildman–Crippen LogP) is 0.124. The predicted molar refractivity (Wildman–Crippen MR) is 60.5 cm³/mol. The molecule has 1 saturated carbocycles. The van der Waals surface area contributed by atoms with E-state index in [9.17, 15) is 13.8 Å². The van der Waals surface area contributed by atoms with Gasteiger partial charge in [0.15, 0.2) is 0 Å². The molecule has 1 amide bonds. The number of hydrogen-bond acceptors (Lipinski definition) is 3. The fourth-order valence-corrected chi connectivity index (χ4v) is 1.91. The van der Waals surface area contributed by atoms with Gasteiger partial charge < -0.3 is 10.4 Å². The second kappa shape index (κ2) is 4.95. The van der Waals surface area contributed by atoms with Gasteiger partial charge in [-0.05, 0) is 19.8 Å². The molecule has 1 aliphatic carbocycles. The minimum atomic E-state index is -1.23. The lowest BCUT2D eigenvalue weighted by atomic mass is 9.68. The molecular weight excluding hydrogens is 230 g/mol. The molecule has 0 aliphatic heterocycles. The molecule has 0 aromatic heterocycles. The first kappa shape index (κ1) is 13.2. The Hall–Kier alpha value is -0.910. The number of carboxylic acid groups (broad SMARTS) is 1. The number of carbonyl (C=O) groups is 2. The van der Waals surface area contributed by atoms with Crippen LogP contribution in [0.4, 0.5) is 0 Å². The van der Waals surface area contributed by atoms with Gasteiger partial charge in [0.05, 0.1) is 0 Å². The van der Waals surface area contributed by atoms with Crippen LogP contribution in [0.15, 0.2) is 0 Å². The molecule has 92 valence electrons. The molecule has 1 fully saturated rings. The molecule has 1 rings (SSSR count). The SMILES string of the molecule is CC(CNC(=O)C1(C(=O)O)CCC1)S(C)=O. The van der Waals surface area contributed by atoms with Crippen molar-refractivity contribution in [3.8, 4) is 0 Å². The van der Waals surface area contributed by atoms with Crippen LogP contribution in [0.2, 0.25) is 0 Å². The van der Waals surface area contributed by atoms with Gasteiger partial charge in [-0.2, -0.15) is 0 Å². The van der Waals surface area contributed by atoms with Crippen molar-refractivity contribution in [2.75, 3.05) is 12.8 Å². The highest BCUT2D eigenvalue weighted by molar-refractivity contribution is 7.84. The molecular formula is C10H17NO4S. The Morgan fingerprint density at radius 2 is 2.06 bits per heavy atom. The van der Waals surface area contributed by atoms with E-state index >= 15 is 0 Å². The van der Waals surface area contributed by atoms with Crippen molar-refractivity contribution in [3.05, 3.63) is 0 Å². The Balaban J connectivity index is 2.52. The zero-order valence-corrected chi connectivity index (χ0v) is 10.3. The van der Waals surface area contributed by atoms with E-state index in [1.807, 2.05) is 0 Å². The number of aliphatic carboxylic acids is 1. The molecule has 0 aromatic carbocycles. The molecule has 0 spiro atoms. The van der Waals surface area contributed by atoms with E-state index in [0.29, 0.717) is 12.8 Å². The average Bonchev–Trinajstić information content (AvgIpc) is 2.11. The lowest BCUT2D eigenvalue weighted by Crippen LogP contribution is -2.52. The van der Waals surface area contributed by atoms with Crippen molar-refractivity contribution in [1.29, 1.82) is 0 Å². The molecule has 0 radical (unpaired) electrons. The first-order valence-corrected chi connectivity index (χ1v) is 6.86. The highest BCUT2D eigenvalue weighted by Crippen LogP contribution is 2.41. The maximum atomic E-state index is 11.7. The highest BCUT2D eigenvalue weighted by atomic mass is 32.2. The molecule has 16 heavy (non-hydrogen) atoms. The van der Waals surface area contributed by atoms with Gasteiger partial charge in [-0.1, -0.05) is 6.42 Å². The standard InChI is InChI=1S/C10H17NO4S/c1-7(16(2)15)6-11-8(12)10(9(13)14)4-3-5-10/h7H,3-6H2,1-2H3,(H,11,12)(H,13,14). The lowest BCUT2D eigenvalue weighted by molar-refractivity contribution is -0.162. The van der Waals surface area contributed by atoms with Crippen molar-refractivity contribution in [1.82, 2.24) is 5.32 Å². The first-order valence-electron chi connectivity index (χ1n) is 5.24. The van der Waals surface area contributed by atoms with Gasteiger partial charge in [-0.15, -0.1) is 0 Å². The third-order valence-electron chi connectivity index (χ3n) is 3.17. The van der Waals surface area contributed by atoms with E-state index in [4.69, 9.17) is 5.11 Å². The van der Waals surface area contributed by atoms with Gasteiger partial charge in [0, 0.05) is 28.9 Å². The molecule has 2 atom stereocenters. The summed E-state index contributed by atoms with van der Waals surface area (Å²) in [4.78, 5) is 22.7. The average molecular weight is 247 g/mol. The Morgan fingerprint density at radius 3 is 2.38 bits per heavy atom. The normalized spacial score (nSPS) is 21.6. The van der Waals surface area contributed by atoms with Gasteiger partial charge in [-0.25, -0.2) is 0 Å². The fourth-order valence-electron chi connectivity index (χ4n) is 1.59. The minimum Gasteiger partial charge on any atom is -0.480 e. The van der Waals surface area contributed by atoms with Crippen molar-refractivity contribution in [2.24, 2.45) is 5.41 Å². The largest absolute Gasteiger partial charge is 0.480 e. The Morgan fingerprint density at radius 1 is 1.50 bits per heavy atom. The summed E-state index contributed by atoms with van der Waals surface area (Å²) < 4.78 is 11.1. The first-order chi connectivity index (χ1) is 7.40. The molecule has 2 N–H and O–H groups in total. The fraction of sp³-hybridized carbons (Fsp3) is 0.800. The van der Waals surface area contributed by atoms with Crippen molar-refractivity contribution >= 4 is 22.7 Å². The summed E-state index contributed by atoms with van der Waals surface area (Å²) in [7, 11) is -1.01. The van der Waals surface area contributed by atoms with Crippen molar-refractivity contribution in [2.45, 2.75) is 31.4 Å². The van der Waals surface area contributed by atoms with E-state index in [1.165, 1.54) is 0 Å². The van der Waals surface area contributed by atoms with E-state index in [2.05, 4.69) is 5.32 Å². The van der Waals surface area contributed by atoms with Crippen molar-refractivity contribution in [3.63, 3.8) is 0 Å². The third kappa shape index (κ3) is 2.42. The highest BCUT2D eigenvalue weighted by Gasteiger charge is 2.51. The zero-order chi connectivity index (χ0) is 12.3. The third-order valence-corrected chi connectivity index (χ3v) is 4.47. The summed E-state index contributed by atoms with van der Waals surface area (Å²) >= 11 is 0. The second-order valence-electron chi connectivity index (χ2n) is 4.26. The molecule has 1 aliphatic rings. The van der Waals surface area contributed by atoms with E-state index in [1.54, 1.807) is 13.2 Å². The summed E-state index contributed by atoms with van der Waals surface area (Å²) in [5.74, 6) is -1.50. The number of carboxylic acids is 1. The number of carbonyl (C=O) groups excluding carboxylic acids is 1. The van der Waals surface area contributed by atoms with Crippen LogP contribution in [0, 0.1) is 5.41 Å². The van der Waals surface area contributed by atoms with E-state index in [0.717, 1.165) is 6.42 Å². The molecule has 2 unspecified atom stereocenters. The Labute approximate surface area is 97.1 Å². The Bertz CT molecular complexity index is 325. The van der Waals surface area contributed by atoms with Crippen LogP contribution in [-0.2, 0) is 20.4 Å². The second-order valence-corrected chi connectivity index (χ2v) is 6.06. The maximum Gasteiger partial charge on any atom is 0.319 e. The van der Waals surface area contributed by atoms with Crippen LogP contribution in [0.3, 0.4) is 0 Å². The maximum absolute atomic E-state index is 11.7. The van der Waals surface area contributed by atoms with Gasteiger partial charge in [0.25, 0.3) is 0 Å². The number of hydrogen-bond donors (Lipinski definition) is 2. The van der Waals surface area contributed by atoms with E-state index < -0.39 is 28.1 Å². The lowest BCUT2D eigenvalue weighted by Gasteiger charge is -2.36. The van der Waals surface area contributed by atoms with Crippen molar-refractivity contribution < 1.29 is 18.9 Å². The van der Waals surface area contributed by atoms with Gasteiger partial charge >= 0.3 is 5.97 Å². The summed E-state index contributed by atoms with van der Waals surface area (Å²) in [6.07, 6.45) is 3.14. The van der Waals surface area contributed by atoms with Gasteiger partial charge in [0.1, 0.15) is 5.41 Å². The van der Waals surface area contributed by atoms with Crippen LogP contribution >= 0.6 is 0 Å². The number of rotatable bonds is 5. The molecule has 0 bridgehead atoms. The van der Waals surface area contributed by atoms with Gasteiger partial charge in [-0.3, -0.25) is 13.8 Å². The summed E-state index contributed by atoms with van der Waals surface area (Å²) in [6, 6.07) is 0. The summed E-state index contributed by atoms with van der Waals surface area (Å²) in [5, 5.41) is 11.4. The summed E-state index contributed by atoms with van der Waals surface area (Å²) in [6.45, 7) is 2.02. The van der Waals surface area contributed by atoms with Crippen LogP contribution in [0.25, 0.3) is 0 Å². The monoisotopic (exact) mass is 247 g/mol. The summed E-state index contributed by atoms with van der Waals surface area (Å²) in [5.41, 5.74) is -1.23. The molecule has 6 heteroatoms. The van der Waals surface area contributed by atoms with Gasteiger partial charge in [0.2, 0.25) is 5.91 Å². The quantitative estimate of drug-likeness (QED) is 0.676. The molecule has 0 saturated heterocycles. The van der Waals surface area contributed by atoms with Crippen LogP contribution in [0.5, 0.6) is 0 Å².